The molecule has 1 fully saturated rings. The molecule has 0 spiro atoms. The van der Waals surface area contributed by atoms with Gasteiger partial charge in [0.05, 0.1) is 16.9 Å². The Morgan fingerprint density at radius 2 is 1.67 bits per heavy atom. The Bertz CT molecular complexity index is 446. The fourth-order valence-corrected chi connectivity index (χ4v) is 1.97. The van der Waals surface area contributed by atoms with E-state index in [4.69, 9.17) is 9.31 Å². The molecule has 1 aromatic carbocycles. The number of hydrogen-bond acceptors (Lipinski definition) is 3. The fourth-order valence-electron chi connectivity index (χ4n) is 1.97. The average Bonchev–Trinajstić information content (AvgIpc) is 2.47. The van der Waals surface area contributed by atoms with E-state index in [0.717, 1.165) is 0 Å². The molecule has 1 aliphatic heterocycles. The van der Waals surface area contributed by atoms with Crippen LogP contribution in [0.25, 0.3) is 0 Å². The molecule has 2 rings (SSSR count). The number of hydrogen-bond donors (Lipinski definition) is 1. The minimum Gasteiger partial charge on any atom is -0.399 e. The highest BCUT2D eigenvalue weighted by molar-refractivity contribution is 6.64. The predicted molar refractivity (Wildman–Crippen MR) is 71.7 cm³/mol. The van der Waals surface area contributed by atoms with Crippen LogP contribution in [0.1, 0.15) is 27.7 Å². The van der Waals surface area contributed by atoms with Gasteiger partial charge >= 0.3 is 7.12 Å². The lowest BCUT2D eigenvalue weighted by Gasteiger charge is -2.32. The van der Waals surface area contributed by atoms with Crippen LogP contribution in [0, 0.1) is 5.82 Å². The maximum Gasteiger partial charge on any atom is 0.497 e. The molecule has 1 N–H and O–H groups in total. The standard InChI is InChI=1S/C13H19BFNO2/c1-12(2)13(3,4)18-14(17-12)9-7-6-8-10(15)11(9)16-5/h6-8,16H,1-5H3. The Labute approximate surface area is 108 Å². The lowest BCUT2D eigenvalue weighted by Crippen LogP contribution is -2.41. The molecule has 0 aromatic heterocycles. The zero-order valence-electron chi connectivity index (χ0n) is 11.5. The van der Waals surface area contributed by atoms with Crippen LogP contribution in [-0.4, -0.2) is 25.4 Å². The molecule has 0 radical (unpaired) electrons. The summed E-state index contributed by atoms with van der Waals surface area (Å²) >= 11 is 0. The summed E-state index contributed by atoms with van der Waals surface area (Å²) in [5.41, 5.74) is 0.274. The third-order valence-corrected chi connectivity index (χ3v) is 3.80. The van der Waals surface area contributed by atoms with Crippen molar-refractivity contribution >= 4 is 18.3 Å². The van der Waals surface area contributed by atoms with Gasteiger partial charge in [0.15, 0.2) is 0 Å². The fraction of sp³-hybridized carbons (Fsp3) is 0.538. The van der Waals surface area contributed by atoms with Crippen LogP contribution in [0.15, 0.2) is 18.2 Å². The van der Waals surface area contributed by atoms with E-state index in [-0.39, 0.29) is 5.82 Å². The van der Waals surface area contributed by atoms with E-state index in [1.165, 1.54) is 6.07 Å². The first-order chi connectivity index (χ1) is 8.28. The quantitative estimate of drug-likeness (QED) is 0.817. The summed E-state index contributed by atoms with van der Waals surface area (Å²) in [5, 5.41) is 2.86. The maximum absolute atomic E-state index is 13.7. The van der Waals surface area contributed by atoms with Gasteiger partial charge in [-0.2, -0.15) is 0 Å². The van der Waals surface area contributed by atoms with Crippen LogP contribution in [-0.2, 0) is 9.31 Å². The largest absolute Gasteiger partial charge is 0.497 e. The first kappa shape index (κ1) is 13.4. The van der Waals surface area contributed by atoms with Gasteiger partial charge in [-0.05, 0) is 33.8 Å². The molecule has 18 heavy (non-hydrogen) atoms. The van der Waals surface area contributed by atoms with Gasteiger partial charge in [-0.1, -0.05) is 12.1 Å². The maximum atomic E-state index is 13.7. The lowest BCUT2D eigenvalue weighted by atomic mass is 9.77. The van der Waals surface area contributed by atoms with Crippen molar-refractivity contribution in [3.05, 3.63) is 24.0 Å². The van der Waals surface area contributed by atoms with E-state index in [1.807, 2.05) is 33.8 Å². The van der Waals surface area contributed by atoms with Gasteiger partial charge in [-0.3, -0.25) is 0 Å². The molecule has 3 nitrogen and oxygen atoms in total. The van der Waals surface area contributed by atoms with Gasteiger partial charge in [0.1, 0.15) is 5.82 Å². The number of rotatable bonds is 2. The molecule has 1 aromatic rings. The SMILES string of the molecule is CNc1c(F)cccc1B1OC(C)(C)C(C)(C)O1. The van der Waals surface area contributed by atoms with Crippen molar-refractivity contribution in [1.82, 2.24) is 0 Å². The highest BCUT2D eigenvalue weighted by atomic mass is 19.1. The Morgan fingerprint density at radius 3 is 2.17 bits per heavy atom. The molecule has 0 unspecified atom stereocenters. The summed E-state index contributed by atoms with van der Waals surface area (Å²) in [7, 11) is 1.14. The summed E-state index contributed by atoms with van der Waals surface area (Å²) < 4.78 is 25.6. The van der Waals surface area contributed by atoms with Crippen molar-refractivity contribution in [3.8, 4) is 0 Å². The van der Waals surface area contributed by atoms with Crippen LogP contribution in [0.5, 0.6) is 0 Å². The van der Waals surface area contributed by atoms with Gasteiger partial charge in [0.2, 0.25) is 0 Å². The van der Waals surface area contributed by atoms with E-state index >= 15 is 0 Å². The molecule has 1 saturated heterocycles. The van der Waals surface area contributed by atoms with Crippen LogP contribution < -0.4 is 10.8 Å². The predicted octanol–water partition coefficient (Wildman–Crippen LogP) is 2.17. The third kappa shape index (κ3) is 2.02. The second-order valence-corrected chi connectivity index (χ2v) is 5.54. The van der Waals surface area contributed by atoms with Crippen LogP contribution >= 0.6 is 0 Å². The second kappa shape index (κ2) is 4.25. The summed E-state index contributed by atoms with van der Waals surface area (Å²) in [5.74, 6) is -0.301. The number of nitrogens with one attached hydrogen (secondary N) is 1. The summed E-state index contributed by atoms with van der Waals surface area (Å²) in [4.78, 5) is 0. The number of benzene rings is 1. The van der Waals surface area contributed by atoms with Gasteiger partial charge < -0.3 is 14.6 Å². The molecule has 1 aliphatic rings. The molecular weight excluding hydrogens is 232 g/mol. The highest BCUT2D eigenvalue weighted by Crippen LogP contribution is 2.37. The topological polar surface area (TPSA) is 30.5 Å². The number of halogens is 1. The van der Waals surface area contributed by atoms with Crippen molar-refractivity contribution in [2.75, 3.05) is 12.4 Å². The molecule has 0 bridgehead atoms. The van der Waals surface area contributed by atoms with E-state index < -0.39 is 18.3 Å². The van der Waals surface area contributed by atoms with Crippen LogP contribution in [0.3, 0.4) is 0 Å². The Morgan fingerprint density at radius 1 is 1.11 bits per heavy atom. The first-order valence-electron chi connectivity index (χ1n) is 6.10. The van der Waals surface area contributed by atoms with E-state index in [9.17, 15) is 4.39 Å². The van der Waals surface area contributed by atoms with E-state index in [2.05, 4.69) is 5.32 Å². The summed E-state index contributed by atoms with van der Waals surface area (Å²) in [6.45, 7) is 7.91. The molecular formula is C13H19BFNO2. The molecule has 5 heteroatoms. The Hall–Kier alpha value is -1.07. The lowest BCUT2D eigenvalue weighted by molar-refractivity contribution is 0.00578. The van der Waals surface area contributed by atoms with Crippen molar-refractivity contribution in [2.45, 2.75) is 38.9 Å². The van der Waals surface area contributed by atoms with Gasteiger partial charge in [-0.15, -0.1) is 0 Å². The monoisotopic (exact) mass is 251 g/mol. The molecule has 98 valence electrons. The molecule has 0 atom stereocenters. The normalized spacial score (nSPS) is 21.1. The molecule has 1 heterocycles. The molecule has 0 amide bonds. The Kier molecular flexibility index (Phi) is 3.15. The molecule has 0 aliphatic carbocycles. The molecule has 0 saturated carbocycles. The Balaban J connectivity index is 2.38. The van der Waals surface area contributed by atoms with Gasteiger partial charge in [0.25, 0.3) is 0 Å². The smallest absolute Gasteiger partial charge is 0.399 e. The summed E-state index contributed by atoms with van der Waals surface area (Å²) in [6.07, 6.45) is 0. The second-order valence-electron chi connectivity index (χ2n) is 5.54. The van der Waals surface area contributed by atoms with Gasteiger partial charge in [0, 0.05) is 12.5 Å². The van der Waals surface area contributed by atoms with Crippen molar-refractivity contribution in [3.63, 3.8) is 0 Å². The van der Waals surface area contributed by atoms with Crippen LogP contribution in [0.2, 0.25) is 0 Å². The number of anilines is 1. The number of para-hydroxylation sites is 1. The van der Waals surface area contributed by atoms with Crippen molar-refractivity contribution < 1.29 is 13.7 Å². The average molecular weight is 251 g/mol. The van der Waals surface area contributed by atoms with Gasteiger partial charge in [-0.25, -0.2) is 4.39 Å². The first-order valence-corrected chi connectivity index (χ1v) is 6.10. The summed E-state index contributed by atoms with van der Waals surface area (Å²) in [6, 6.07) is 4.90. The van der Waals surface area contributed by atoms with E-state index in [0.29, 0.717) is 11.2 Å². The minimum atomic E-state index is -0.548. The third-order valence-electron chi connectivity index (χ3n) is 3.80. The zero-order valence-corrected chi connectivity index (χ0v) is 11.5. The van der Waals surface area contributed by atoms with E-state index in [1.54, 1.807) is 13.1 Å². The minimum absolute atomic E-state index is 0.301. The van der Waals surface area contributed by atoms with Crippen molar-refractivity contribution in [2.24, 2.45) is 0 Å². The zero-order chi connectivity index (χ0) is 13.6. The van der Waals surface area contributed by atoms with Crippen molar-refractivity contribution in [1.29, 1.82) is 0 Å². The van der Waals surface area contributed by atoms with Crippen LogP contribution in [0.4, 0.5) is 10.1 Å². The highest BCUT2D eigenvalue weighted by Gasteiger charge is 2.52.